The highest BCUT2D eigenvalue weighted by molar-refractivity contribution is 6.33. The fraction of sp³-hybridized carbons (Fsp3) is 0.421. The van der Waals surface area contributed by atoms with Crippen molar-refractivity contribution < 1.29 is 4.79 Å². The first-order valence-corrected chi connectivity index (χ1v) is 9.40. The van der Waals surface area contributed by atoms with E-state index < -0.39 is 0 Å². The number of fused-ring (bicyclic) bond motifs is 1. The first-order chi connectivity index (χ1) is 12.6. The van der Waals surface area contributed by atoms with Crippen molar-refractivity contribution in [1.82, 2.24) is 25.1 Å². The summed E-state index contributed by atoms with van der Waals surface area (Å²) in [5, 5.41) is 7.47. The Bertz CT molecular complexity index is 890. The van der Waals surface area contributed by atoms with E-state index in [1.807, 2.05) is 18.2 Å². The number of benzene rings is 1. The molecular formula is C19H22ClN5O. The standard InChI is InChI=1S/C19H22ClN5O/c1-25-11-14(20)17(24-25)19(26)21-10-12-6-8-13(9-7-12)18-22-15-4-2-3-5-16(15)23-18/h2-5,11-13H,6-10H2,1H3,(H,21,26)(H,22,23). The molecule has 1 aliphatic rings. The molecule has 1 aromatic carbocycles. The number of amides is 1. The molecule has 0 saturated heterocycles. The van der Waals surface area contributed by atoms with Gasteiger partial charge in [0.25, 0.3) is 5.91 Å². The maximum atomic E-state index is 12.2. The van der Waals surface area contributed by atoms with Crippen LogP contribution in [0.2, 0.25) is 5.02 Å². The van der Waals surface area contributed by atoms with Crippen molar-refractivity contribution in [1.29, 1.82) is 0 Å². The molecule has 2 heterocycles. The van der Waals surface area contributed by atoms with Crippen molar-refractivity contribution in [2.24, 2.45) is 13.0 Å². The number of rotatable bonds is 4. The summed E-state index contributed by atoms with van der Waals surface area (Å²) in [5.74, 6) is 1.85. The Morgan fingerprint density at radius 3 is 2.77 bits per heavy atom. The van der Waals surface area contributed by atoms with E-state index >= 15 is 0 Å². The van der Waals surface area contributed by atoms with Crippen molar-refractivity contribution in [3.63, 3.8) is 0 Å². The van der Waals surface area contributed by atoms with E-state index in [-0.39, 0.29) is 5.91 Å². The minimum atomic E-state index is -0.199. The molecule has 2 aromatic heterocycles. The molecule has 26 heavy (non-hydrogen) atoms. The zero-order chi connectivity index (χ0) is 18.1. The van der Waals surface area contributed by atoms with Crippen LogP contribution in [0.1, 0.15) is 47.9 Å². The van der Waals surface area contributed by atoms with E-state index in [4.69, 9.17) is 16.6 Å². The van der Waals surface area contributed by atoms with Gasteiger partial charge in [-0.15, -0.1) is 0 Å². The van der Waals surface area contributed by atoms with E-state index in [0.717, 1.165) is 42.5 Å². The lowest BCUT2D eigenvalue weighted by molar-refractivity contribution is 0.0937. The number of hydrogen-bond donors (Lipinski definition) is 2. The lowest BCUT2D eigenvalue weighted by Gasteiger charge is -2.27. The molecule has 136 valence electrons. The van der Waals surface area contributed by atoms with E-state index in [9.17, 15) is 4.79 Å². The van der Waals surface area contributed by atoms with E-state index in [2.05, 4.69) is 21.5 Å². The second kappa shape index (κ2) is 7.11. The molecule has 1 aliphatic carbocycles. The molecule has 1 amide bonds. The van der Waals surface area contributed by atoms with Gasteiger partial charge in [0.05, 0.1) is 16.1 Å². The third kappa shape index (κ3) is 3.46. The number of halogens is 1. The lowest BCUT2D eigenvalue weighted by atomic mass is 9.81. The molecule has 2 N–H and O–H groups in total. The third-order valence-corrected chi connectivity index (χ3v) is 5.47. The highest BCUT2D eigenvalue weighted by Crippen LogP contribution is 2.35. The Labute approximate surface area is 156 Å². The minimum Gasteiger partial charge on any atom is -0.350 e. The Morgan fingerprint density at radius 1 is 1.31 bits per heavy atom. The molecule has 0 aliphatic heterocycles. The van der Waals surface area contributed by atoms with Crippen LogP contribution in [0.3, 0.4) is 0 Å². The van der Waals surface area contributed by atoms with E-state index in [0.29, 0.717) is 29.1 Å². The van der Waals surface area contributed by atoms with E-state index in [1.54, 1.807) is 17.9 Å². The highest BCUT2D eigenvalue weighted by Gasteiger charge is 2.25. The number of aromatic amines is 1. The van der Waals surface area contributed by atoms with Gasteiger partial charge in [-0.1, -0.05) is 23.7 Å². The van der Waals surface area contributed by atoms with Crippen LogP contribution < -0.4 is 5.32 Å². The van der Waals surface area contributed by atoms with Crippen LogP contribution in [-0.2, 0) is 7.05 Å². The molecular weight excluding hydrogens is 350 g/mol. The van der Waals surface area contributed by atoms with Gasteiger partial charge in [0.2, 0.25) is 0 Å². The Morgan fingerprint density at radius 2 is 2.08 bits per heavy atom. The van der Waals surface area contributed by atoms with Crippen LogP contribution in [0.5, 0.6) is 0 Å². The first kappa shape index (κ1) is 17.1. The maximum absolute atomic E-state index is 12.2. The fourth-order valence-electron chi connectivity index (χ4n) is 3.74. The fourth-order valence-corrected chi connectivity index (χ4v) is 4.00. The average molecular weight is 372 g/mol. The predicted octanol–water partition coefficient (Wildman–Crippen LogP) is 3.65. The smallest absolute Gasteiger partial charge is 0.273 e. The number of nitrogens with zero attached hydrogens (tertiary/aromatic N) is 3. The quantitative estimate of drug-likeness (QED) is 0.734. The number of carbonyl (C=O) groups is 1. The van der Waals surface area contributed by atoms with Crippen LogP contribution in [0.4, 0.5) is 0 Å². The lowest BCUT2D eigenvalue weighted by Crippen LogP contribution is -2.31. The molecule has 0 bridgehead atoms. The molecule has 1 fully saturated rings. The molecule has 3 aromatic rings. The summed E-state index contributed by atoms with van der Waals surface area (Å²) in [6.45, 7) is 0.665. The van der Waals surface area contributed by atoms with Gasteiger partial charge in [-0.2, -0.15) is 5.10 Å². The van der Waals surface area contributed by atoms with Gasteiger partial charge in [0.15, 0.2) is 5.69 Å². The SMILES string of the molecule is Cn1cc(Cl)c(C(=O)NCC2CCC(c3nc4ccccc4[nH]3)CC2)n1. The molecule has 7 heteroatoms. The number of imidazole rings is 1. The van der Waals surface area contributed by atoms with Crippen LogP contribution in [0.15, 0.2) is 30.5 Å². The second-order valence-electron chi connectivity index (χ2n) is 7.07. The highest BCUT2D eigenvalue weighted by atomic mass is 35.5. The minimum absolute atomic E-state index is 0.199. The number of H-pyrrole nitrogens is 1. The first-order valence-electron chi connectivity index (χ1n) is 9.02. The normalized spacial score (nSPS) is 20.4. The van der Waals surface area contributed by atoms with Crippen LogP contribution in [0, 0.1) is 5.92 Å². The van der Waals surface area contributed by atoms with Gasteiger partial charge in [-0.25, -0.2) is 4.98 Å². The molecule has 0 unspecified atom stereocenters. The van der Waals surface area contributed by atoms with Gasteiger partial charge in [-0.05, 0) is 43.7 Å². The monoisotopic (exact) mass is 371 g/mol. The number of hydrogen-bond acceptors (Lipinski definition) is 3. The van der Waals surface area contributed by atoms with Gasteiger partial charge in [-0.3, -0.25) is 9.48 Å². The van der Waals surface area contributed by atoms with Gasteiger partial charge >= 0.3 is 0 Å². The van der Waals surface area contributed by atoms with Crippen LogP contribution in [-0.4, -0.2) is 32.2 Å². The zero-order valence-corrected chi connectivity index (χ0v) is 15.5. The predicted molar refractivity (Wildman–Crippen MR) is 101 cm³/mol. The zero-order valence-electron chi connectivity index (χ0n) is 14.7. The summed E-state index contributed by atoms with van der Waals surface area (Å²) in [6, 6.07) is 8.15. The summed E-state index contributed by atoms with van der Waals surface area (Å²) in [4.78, 5) is 20.4. The van der Waals surface area contributed by atoms with Crippen molar-refractivity contribution in [2.75, 3.05) is 6.54 Å². The number of nitrogens with one attached hydrogen (secondary N) is 2. The van der Waals surface area contributed by atoms with Gasteiger partial charge < -0.3 is 10.3 Å². The van der Waals surface area contributed by atoms with Crippen molar-refractivity contribution in [3.05, 3.63) is 47.0 Å². The molecule has 6 nitrogen and oxygen atoms in total. The number of carbonyl (C=O) groups excluding carboxylic acids is 1. The molecule has 4 rings (SSSR count). The Balaban J connectivity index is 1.31. The van der Waals surface area contributed by atoms with Gasteiger partial charge in [0, 0.05) is 25.7 Å². The molecule has 1 saturated carbocycles. The summed E-state index contributed by atoms with van der Waals surface area (Å²) in [5.41, 5.74) is 2.43. The van der Waals surface area contributed by atoms with Crippen molar-refractivity contribution in [2.45, 2.75) is 31.6 Å². The second-order valence-corrected chi connectivity index (χ2v) is 7.47. The maximum Gasteiger partial charge on any atom is 0.273 e. The largest absolute Gasteiger partial charge is 0.350 e. The van der Waals surface area contributed by atoms with Gasteiger partial charge in [0.1, 0.15) is 5.82 Å². The summed E-state index contributed by atoms with van der Waals surface area (Å²) >= 11 is 6.03. The van der Waals surface area contributed by atoms with Crippen molar-refractivity contribution in [3.8, 4) is 0 Å². The summed E-state index contributed by atoms with van der Waals surface area (Å²) in [6.07, 6.45) is 5.97. The molecule has 0 atom stereocenters. The molecule has 0 radical (unpaired) electrons. The number of para-hydroxylation sites is 2. The average Bonchev–Trinajstić information content (AvgIpc) is 3.22. The summed E-state index contributed by atoms with van der Waals surface area (Å²) < 4.78 is 1.55. The van der Waals surface area contributed by atoms with E-state index in [1.165, 1.54) is 0 Å². The van der Waals surface area contributed by atoms with Crippen LogP contribution in [0.25, 0.3) is 11.0 Å². The summed E-state index contributed by atoms with van der Waals surface area (Å²) in [7, 11) is 1.75. The van der Waals surface area contributed by atoms with Crippen LogP contribution >= 0.6 is 11.6 Å². The number of aromatic nitrogens is 4. The Kier molecular flexibility index (Phi) is 4.68. The number of aryl methyl sites for hydroxylation is 1. The van der Waals surface area contributed by atoms with Crippen molar-refractivity contribution >= 4 is 28.5 Å². The third-order valence-electron chi connectivity index (χ3n) is 5.19. The molecule has 0 spiro atoms. The Hall–Kier alpha value is -2.34. The topological polar surface area (TPSA) is 75.6 Å².